The van der Waals surface area contributed by atoms with Gasteiger partial charge in [-0.1, -0.05) is 30.3 Å². The van der Waals surface area contributed by atoms with Gasteiger partial charge in [-0.3, -0.25) is 4.79 Å². The maximum atomic E-state index is 14.9. The molecule has 0 heterocycles. The number of carbonyl (C=O) groups is 1. The van der Waals surface area contributed by atoms with Crippen molar-refractivity contribution in [3.05, 3.63) is 95.6 Å². The zero-order valence-electron chi connectivity index (χ0n) is 18.3. The van der Waals surface area contributed by atoms with E-state index in [0.29, 0.717) is 30.9 Å². The second-order valence-electron chi connectivity index (χ2n) is 7.56. The van der Waals surface area contributed by atoms with Crippen molar-refractivity contribution in [1.82, 2.24) is 5.32 Å². The Kier molecular flexibility index (Phi) is 8.38. The molecule has 2 N–H and O–H groups in total. The maximum Gasteiger partial charge on any atom is 0.317 e. The molecule has 5 nitrogen and oxygen atoms in total. The van der Waals surface area contributed by atoms with Gasteiger partial charge in [-0.25, -0.2) is 0 Å². The van der Waals surface area contributed by atoms with Crippen LogP contribution in [0.3, 0.4) is 0 Å². The number of alkyl halides is 2. The van der Waals surface area contributed by atoms with Crippen LogP contribution in [0.15, 0.2) is 78.9 Å². The molecular formula is C26H27F2NO4. The van der Waals surface area contributed by atoms with E-state index in [4.69, 9.17) is 14.6 Å². The van der Waals surface area contributed by atoms with Crippen LogP contribution in [-0.2, 0) is 10.7 Å². The van der Waals surface area contributed by atoms with Gasteiger partial charge in [0.1, 0.15) is 17.6 Å². The van der Waals surface area contributed by atoms with Gasteiger partial charge in [0.05, 0.1) is 13.7 Å². The van der Waals surface area contributed by atoms with Crippen molar-refractivity contribution in [3.63, 3.8) is 0 Å². The number of carboxylic acid groups (broad SMARTS) is 1. The number of hydrogen-bond donors (Lipinski definition) is 2. The van der Waals surface area contributed by atoms with Crippen molar-refractivity contribution in [2.75, 3.05) is 20.2 Å². The van der Waals surface area contributed by atoms with Crippen LogP contribution in [0.4, 0.5) is 8.78 Å². The lowest BCUT2D eigenvalue weighted by Gasteiger charge is -2.21. The van der Waals surface area contributed by atoms with Crippen LogP contribution in [0.5, 0.6) is 11.5 Å². The van der Waals surface area contributed by atoms with Crippen LogP contribution < -0.4 is 14.8 Å². The van der Waals surface area contributed by atoms with Gasteiger partial charge in [-0.15, -0.1) is 0 Å². The number of rotatable bonds is 12. The fraction of sp³-hybridized carbons (Fsp3) is 0.269. The van der Waals surface area contributed by atoms with Crippen LogP contribution in [-0.4, -0.2) is 31.3 Å². The number of hydrogen-bond acceptors (Lipinski definition) is 4. The number of carboxylic acids is 1. The first-order valence-corrected chi connectivity index (χ1v) is 10.7. The molecule has 0 spiro atoms. The van der Waals surface area contributed by atoms with Gasteiger partial charge in [0.25, 0.3) is 5.92 Å². The third-order valence-corrected chi connectivity index (χ3v) is 5.22. The average Bonchev–Trinajstić information content (AvgIpc) is 2.84. The molecule has 0 aliphatic rings. The van der Waals surface area contributed by atoms with Crippen molar-refractivity contribution in [2.45, 2.75) is 24.9 Å². The standard InChI is InChI=1S/C26H27F2NO4/c1-32-22-13-9-20(10-14-22)26(27,28)21-11-15-23(16-12-21)33-24(19-6-3-2-4-7-19)8-5-17-29-18-25(30)31/h2-4,6-7,9-16,24,29H,5,8,17-18H2,1H3,(H,30,31). The smallest absolute Gasteiger partial charge is 0.317 e. The number of halogens is 2. The van der Waals surface area contributed by atoms with Gasteiger partial charge in [-0.05, 0) is 73.5 Å². The summed E-state index contributed by atoms with van der Waals surface area (Å²) in [6.45, 7) is 0.437. The highest BCUT2D eigenvalue weighted by Crippen LogP contribution is 2.37. The van der Waals surface area contributed by atoms with Crippen molar-refractivity contribution in [2.24, 2.45) is 0 Å². The number of nitrogens with one attached hydrogen (secondary N) is 1. The monoisotopic (exact) mass is 455 g/mol. The van der Waals surface area contributed by atoms with E-state index in [1.54, 1.807) is 12.1 Å². The summed E-state index contributed by atoms with van der Waals surface area (Å²) in [4.78, 5) is 10.6. The molecule has 0 saturated heterocycles. The van der Waals surface area contributed by atoms with Gasteiger partial charge in [0.2, 0.25) is 0 Å². The molecule has 0 amide bonds. The van der Waals surface area contributed by atoms with Gasteiger partial charge < -0.3 is 19.9 Å². The molecule has 0 aromatic heterocycles. The normalized spacial score (nSPS) is 12.2. The molecule has 174 valence electrons. The Labute approximate surface area is 192 Å². The van der Waals surface area contributed by atoms with E-state index in [-0.39, 0.29) is 23.8 Å². The Balaban J connectivity index is 1.69. The number of benzene rings is 3. The Morgan fingerprint density at radius 3 is 2.06 bits per heavy atom. The second-order valence-corrected chi connectivity index (χ2v) is 7.56. The Morgan fingerprint density at radius 2 is 1.52 bits per heavy atom. The summed E-state index contributed by atoms with van der Waals surface area (Å²) >= 11 is 0. The largest absolute Gasteiger partial charge is 0.497 e. The van der Waals surface area contributed by atoms with E-state index in [1.165, 1.54) is 43.5 Å². The van der Waals surface area contributed by atoms with Crippen LogP contribution in [0.1, 0.15) is 35.6 Å². The van der Waals surface area contributed by atoms with Gasteiger partial charge in [0, 0.05) is 11.1 Å². The van der Waals surface area contributed by atoms with E-state index in [9.17, 15) is 13.6 Å². The summed E-state index contributed by atoms with van der Waals surface area (Å²) in [6, 6.07) is 21.2. The Bertz CT molecular complexity index is 1010. The summed E-state index contributed by atoms with van der Waals surface area (Å²) in [6.07, 6.45) is 1.05. The predicted molar refractivity (Wildman–Crippen MR) is 122 cm³/mol. The van der Waals surface area contributed by atoms with Crippen molar-refractivity contribution >= 4 is 5.97 Å². The quantitative estimate of drug-likeness (QED) is 0.358. The molecule has 0 saturated carbocycles. The third-order valence-electron chi connectivity index (χ3n) is 5.22. The van der Waals surface area contributed by atoms with E-state index in [2.05, 4.69) is 5.32 Å². The summed E-state index contributed by atoms with van der Waals surface area (Å²) < 4.78 is 41.1. The van der Waals surface area contributed by atoms with E-state index < -0.39 is 11.9 Å². The molecule has 0 fully saturated rings. The zero-order valence-corrected chi connectivity index (χ0v) is 18.3. The lowest BCUT2D eigenvalue weighted by molar-refractivity contribution is -0.135. The fourth-order valence-electron chi connectivity index (χ4n) is 3.44. The molecular weight excluding hydrogens is 428 g/mol. The SMILES string of the molecule is COc1ccc(C(F)(F)c2ccc(OC(CCCNCC(=O)O)c3ccccc3)cc2)cc1. The average molecular weight is 456 g/mol. The first kappa shape index (κ1) is 24.2. The molecule has 33 heavy (non-hydrogen) atoms. The minimum Gasteiger partial charge on any atom is -0.497 e. The lowest BCUT2D eigenvalue weighted by atomic mass is 10.00. The summed E-state index contributed by atoms with van der Waals surface area (Å²) in [5.41, 5.74) is 0.713. The molecule has 0 radical (unpaired) electrons. The van der Waals surface area contributed by atoms with Crippen LogP contribution in [0.2, 0.25) is 0 Å². The van der Waals surface area contributed by atoms with Crippen molar-refractivity contribution in [1.29, 1.82) is 0 Å². The fourth-order valence-corrected chi connectivity index (χ4v) is 3.44. The van der Waals surface area contributed by atoms with E-state index >= 15 is 0 Å². The van der Waals surface area contributed by atoms with Crippen LogP contribution >= 0.6 is 0 Å². The molecule has 0 aliphatic carbocycles. The highest BCUT2D eigenvalue weighted by atomic mass is 19.3. The first-order valence-electron chi connectivity index (χ1n) is 10.7. The topological polar surface area (TPSA) is 67.8 Å². The summed E-state index contributed by atoms with van der Waals surface area (Å²) in [5.74, 6) is -3.06. The molecule has 0 aliphatic heterocycles. The van der Waals surface area contributed by atoms with Gasteiger partial charge in [-0.2, -0.15) is 8.78 Å². The van der Waals surface area contributed by atoms with E-state index in [0.717, 1.165) is 5.56 Å². The summed E-state index contributed by atoms with van der Waals surface area (Å²) in [7, 11) is 1.49. The number of ether oxygens (including phenoxy) is 2. The Morgan fingerprint density at radius 1 is 0.939 bits per heavy atom. The van der Waals surface area contributed by atoms with Gasteiger partial charge in [0.15, 0.2) is 0 Å². The molecule has 3 aromatic rings. The molecule has 1 unspecified atom stereocenters. The summed E-state index contributed by atoms with van der Waals surface area (Å²) in [5, 5.41) is 11.6. The highest BCUT2D eigenvalue weighted by Gasteiger charge is 2.34. The zero-order chi connectivity index (χ0) is 23.7. The Hall–Kier alpha value is -3.45. The van der Waals surface area contributed by atoms with Crippen LogP contribution in [0.25, 0.3) is 0 Å². The van der Waals surface area contributed by atoms with Gasteiger partial charge >= 0.3 is 5.97 Å². The molecule has 0 bridgehead atoms. The molecule has 3 rings (SSSR count). The molecule has 1 atom stereocenters. The number of aliphatic carboxylic acids is 1. The minimum absolute atomic E-state index is 0.0965. The minimum atomic E-state index is -3.15. The predicted octanol–water partition coefficient (Wildman–Crippen LogP) is 5.41. The van der Waals surface area contributed by atoms with Crippen molar-refractivity contribution in [3.8, 4) is 11.5 Å². The maximum absolute atomic E-state index is 14.9. The van der Waals surface area contributed by atoms with Crippen LogP contribution in [0, 0.1) is 0 Å². The molecule has 7 heteroatoms. The van der Waals surface area contributed by atoms with E-state index in [1.807, 2.05) is 30.3 Å². The first-order chi connectivity index (χ1) is 15.9. The molecule has 3 aromatic carbocycles. The van der Waals surface area contributed by atoms with Crippen molar-refractivity contribution < 1.29 is 28.2 Å². The highest BCUT2D eigenvalue weighted by molar-refractivity contribution is 5.68. The second kappa shape index (κ2) is 11.4. The third kappa shape index (κ3) is 6.76. The number of methoxy groups -OCH3 is 1. The lowest BCUT2D eigenvalue weighted by Crippen LogP contribution is -2.24.